The first kappa shape index (κ1) is 71.1. The molecule has 0 fully saturated rings. The molecule has 0 atom stereocenters. The lowest BCUT2D eigenvalue weighted by molar-refractivity contribution is 1.18. The van der Waals surface area contributed by atoms with Gasteiger partial charge < -0.3 is 0 Å². The van der Waals surface area contributed by atoms with Gasteiger partial charge in [0, 0.05) is 56.9 Å². The molecule has 0 amide bonds. The molecule has 0 radical (unpaired) electrons. The molecule has 0 saturated heterocycles. The van der Waals surface area contributed by atoms with E-state index < -0.39 is 0 Å². The van der Waals surface area contributed by atoms with Crippen LogP contribution in [-0.4, -0.2) is 29.9 Å². The Bertz CT molecular complexity index is 8350. The van der Waals surface area contributed by atoms with Crippen molar-refractivity contribution < 1.29 is 0 Å². The molecule has 22 aromatic carbocycles. The Balaban J connectivity index is 0.000000107. The zero-order valence-corrected chi connectivity index (χ0v) is 66.3. The van der Waals surface area contributed by atoms with E-state index >= 15 is 0 Å². The summed E-state index contributed by atoms with van der Waals surface area (Å²) in [6.45, 7) is 0. The second-order valence-corrected chi connectivity index (χ2v) is 31.4. The third-order valence-electron chi connectivity index (χ3n) is 24.4. The van der Waals surface area contributed by atoms with Gasteiger partial charge >= 0.3 is 0 Å². The van der Waals surface area contributed by atoms with E-state index in [1.165, 1.54) is 140 Å². The van der Waals surface area contributed by atoms with Crippen molar-refractivity contribution in [2.45, 2.75) is 0 Å². The highest BCUT2D eigenvalue weighted by Gasteiger charge is 2.22. The predicted octanol–water partition coefficient (Wildman–Crippen LogP) is 30.9. The maximum atomic E-state index is 5.23. The van der Waals surface area contributed by atoms with Crippen molar-refractivity contribution in [1.82, 2.24) is 29.9 Å². The highest BCUT2D eigenvalue weighted by molar-refractivity contribution is 6.40. The number of aromatic nitrogens is 6. The van der Waals surface area contributed by atoms with E-state index in [-0.39, 0.29) is 0 Å². The monoisotopic (exact) mass is 1550 g/mol. The summed E-state index contributed by atoms with van der Waals surface area (Å²) in [5.74, 6) is 2.20. The molecule has 6 nitrogen and oxygen atoms in total. The van der Waals surface area contributed by atoms with E-state index in [0.29, 0.717) is 0 Å². The average Bonchev–Trinajstić information content (AvgIpc) is 0.710. The summed E-state index contributed by atoms with van der Waals surface area (Å²) in [7, 11) is 0. The number of benzene rings is 22. The van der Waals surface area contributed by atoms with Crippen LogP contribution in [0.2, 0.25) is 0 Å². The van der Waals surface area contributed by atoms with Crippen LogP contribution in [0, 0.1) is 0 Å². The summed E-state index contributed by atoms with van der Waals surface area (Å²) >= 11 is 0. The van der Waals surface area contributed by atoms with Gasteiger partial charge in [0.1, 0.15) is 0 Å². The zero-order chi connectivity index (χ0) is 80.6. The standard InChI is InChI=1S/C42H26N2.C40H24N2.C34H22N2/c1-3-14-28(15-4-1)38-26-39(29-16-5-2-6-17-29)44-42(43-38)37-25-36-31-19-9-11-21-33(31)40-30-18-8-7-13-27(30)23-24-35(40)41(36)34-22-12-10-20-32(34)37;1-2-12-28-25(10-1)11-9-19-36(28)40-41-23-27(24-42-40)26-20-21-32-31-15-5-7-17-34(31)38-33-16-6-3-13-29(33)30-14-4-8-18-35(30)39(38)37(32)22-26;1-3-10-25(11-4-1)32-22-33(36-34(35-32)26-12-5-2-6-13-26)27-16-15-24-18-19-29-28-14-8-7-9-23(28)17-20-30(29)31(24)21-27/h1-26H;1-24H;1-22H. The Labute approximate surface area is 703 Å². The molecule has 25 aromatic rings. The molecule has 25 rings (SSSR count). The highest BCUT2D eigenvalue weighted by Crippen LogP contribution is 2.48. The molecule has 122 heavy (non-hydrogen) atoms. The normalized spacial score (nSPS) is 11.6. The van der Waals surface area contributed by atoms with Gasteiger partial charge in [0.15, 0.2) is 17.5 Å². The molecule has 0 N–H and O–H groups in total. The number of nitrogens with zero attached hydrogens (tertiary/aromatic N) is 6. The molecule has 0 spiro atoms. The van der Waals surface area contributed by atoms with Gasteiger partial charge in [-0.25, -0.2) is 29.9 Å². The molecule has 3 heterocycles. The fourth-order valence-corrected chi connectivity index (χ4v) is 18.7. The topological polar surface area (TPSA) is 77.3 Å². The molecule has 0 unspecified atom stereocenters. The summed E-state index contributed by atoms with van der Waals surface area (Å²) in [5.41, 5.74) is 13.2. The van der Waals surface area contributed by atoms with Gasteiger partial charge in [0.05, 0.1) is 22.8 Å². The summed E-state index contributed by atoms with van der Waals surface area (Å²) in [5, 5.41) is 35.2. The van der Waals surface area contributed by atoms with Crippen molar-refractivity contribution in [2.75, 3.05) is 0 Å². The van der Waals surface area contributed by atoms with Crippen molar-refractivity contribution in [1.29, 1.82) is 0 Å². The van der Waals surface area contributed by atoms with Gasteiger partial charge in [0.25, 0.3) is 0 Å². The molecule has 0 saturated carbocycles. The van der Waals surface area contributed by atoms with Crippen molar-refractivity contribution in [3.05, 3.63) is 437 Å². The van der Waals surface area contributed by atoms with E-state index in [2.05, 4.69) is 376 Å². The highest BCUT2D eigenvalue weighted by atomic mass is 14.9. The molecule has 0 aliphatic carbocycles. The molecule has 3 aromatic heterocycles. The van der Waals surface area contributed by atoms with Crippen LogP contribution >= 0.6 is 0 Å². The number of hydrogen-bond acceptors (Lipinski definition) is 6. The van der Waals surface area contributed by atoms with Crippen molar-refractivity contribution >= 4 is 151 Å². The smallest absolute Gasteiger partial charge is 0.161 e. The van der Waals surface area contributed by atoms with Gasteiger partial charge in [-0.3, -0.25) is 0 Å². The largest absolute Gasteiger partial charge is 0.236 e. The Morgan fingerprint density at radius 1 is 0.131 bits per heavy atom. The number of hydrogen-bond donors (Lipinski definition) is 0. The predicted molar refractivity (Wildman–Crippen MR) is 515 cm³/mol. The maximum absolute atomic E-state index is 5.23. The molecule has 566 valence electrons. The minimum atomic E-state index is 0.728. The molecule has 6 heteroatoms. The van der Waals surface area contributed by atoms with Crippen LogP contribution in [-0.2, 0) is 0 Å². The SMILES string of the molecule is c1ccc(-c2cc(-c3ccc4ccc5c6ccccc6ccc5c4c3)nc(-c3ccccc3)n2)cc1.c1ccc(-c2cc(-c3ccccc3)nc(-c3cc4c5ccccc5c5c6ccccc6ccc5c4c4ccccc34)n2)cc1.c1ccc2c(-c3ncc(-c4ccc5c6ccccc6c6c7ccccc7c7ccccc7c6c5c4)cn3)cccc2c1. The number of rotatable bonds is 8. The summed E-state index contributed by atoms with van der Waals surface area (Å²) in [4.78, 5) is 30.1. The number of fused-ring (bicyclic) bond motifs is 27. The zero-order valence-electron chi connectivity index (χ0n) is 66.3. The first-order valence-electron chi connectivity index (χ1n) is 41.5. The first-order valence-corrected chi connectivity index (χ1v) is 41.5. The van der Waals surface area contributed by atoms with Gasteiger partial charge in [0.2, 0.25) is 0 Å². The Morgan fingerprint density at radius 3 is 1.00 bits per heavy atom. The third-order valence-corrected chi connectivity index (χ3v) is 24.4. The lowest BCUT2D eigenvalue weighted by atomic mass is 9.86. The van der Waals surface area contributed by atoms with Crippen LogP contribution in [0.15, 0.2) is 437 Å². The van der Waals surface area contributed by atoms with Crippen molar-refractivity contribution in [3.63, 3.8) is 0 Å². The van der Waals surface area contributed by atoms with Crippen LogP contribution in [0.1, 0.15) is 0 Å². The maximum Gasteiger partial charge on any atom is 0.161 e. The fourth-order valence-electron chi connectivity index (χ4n) is 18.7. The Morgan fingerprint density at radius 2 is 0.451 bits per heavy atom. The van der Waals surface area contributed by atoms with Gasteiger partial charge in [-0.15, -0.1) is 0 Å². The quantitative estimate of drug-likeness (QED) is 0.141. The lowest BCUT2D eigenvalue weighted by Crippen LogP contribution is -1.97. The second-order valence-electron chi connectivity index (χ2n) is 31.4. The van der Waals surface area contributed by atoms with Crippen LogP contribution in [0.3, 0.4) is 0 Å². The summed E-state index contributed by atoms with van der Waals surface area (Å²) in [6, 6.07) is 151. The molecular formula is C116H72N6. The molecule has 0 bridgehead atoms. The van der Waals surface area contributed by atoms with E-state index in [9.17, 15) is 0 Å². The minimum absolute atomic E-state index is 0.728. The first-order chi connectivity index (χ1) is 60.5. The van der Waals surface area contributed by atoms with Crippen molar-refractivity contribution in [2.24, 2.45) is 0 Å². The minimum Gasteiger partial charge on any atom is -0.236 e. The molecule has 0 aliphatic rings. The van der Waals surface area contributed by atoms with E-state index in [4.69, 9.17) is 29.9 Å². The Kier molecular flexibility index (Phi) is 17.5. The van der Waals surface area contributed by atoms with E-state index in [1.54, 1.807) is 0 Å². The fraction of sp³-hybridized carbons (Fsp3) is 0. The van der Waals surface area contributed by atoms with Crippen LogP contribution in [0.4, 0.5) is 0 Å². The molecular weight excluding hydrogens is 1480 g/mol. The molecule has 0 aliphatic heterocycles. The summed E-state index contributed by atoms with van der Waals surface area (Å²) in [6.07, 6.45) is 3.92. The van der Waals surface area contributed by atoms with Crippen LogP contribution in [0.25, 0.3) is 241 Å². The van der Waals surface area contributed by atoms with E-state index in [0.717, 1.165) is 101 Å². The lowest BCUT2D eigenvalue weighted by Gasteiger charge is -2.17. The van der Waals surface area contributed by atoms with Gasteiger partial charge in [-0.1, -0.05) is 394 Å². The van der Waals surface area contributed by atoms with Gasteiger partial charge in [-0.05, 0) is 187 Å². The van der Waals surface area contributed by atoms with Crippen LogP contribution < -0.4 is 0 Å². The van der Waals surface area contributed by atoms with Crippen LogP contribution in [0.5, 0.6) is 0 Å². The second kappa shape index (κ2) is 30.0. The van der Waals surface area contributed by atoms with Gasteiger partial charge in [-0.2, -0.15) is 0 Å². The average molecular weight is 1550 g/mol. The van der Waals surface area contributed by atoms with Crippen molar-refractivity contribution in [3.8, 4) is 90.3 Å². The Hall–Kier alpha value is -16.3. The van der Waals surface area contributed by atoms with E-state index in [1.807, 2.05) is 60.9 Å². The third kappa shape index (κ3) is 12.4. The summed E-state index contributed by atoms with van der Waals surface area (Å²) < 4.78 is 0.